The van der Waals surface area contributed by atoms with Crippen LogP contribution in [0.4, 0.5) is 0 Å². The van der Waals surface area contributed by atoms with Gasteiger partial charge < -0.3 is 10.6 Å². The molecule has 1 atom stereocenters. The van der Waals surface area contributed by atoms with Crippen molar-refractivity contribution in [3.05, 3.63) is 0 Å². The first kappa shape index (κ1) is 7.52. The third-order valence-electron chi connectivity index (χ3n) is 1.85. The number of likely N-dealkylation sites (tertiary alicyclic amines) is 1. The van der Waals surface area contributed by atoms with E-state index in [-0.39, 0.29) is 0 Å². The van der Waals surface area contributed by atoms with Crippen molar-refractivity contribution in [2.75, 3.05) is 19.6 Å². The molecule has 56 valence electrons. The van der Waals surface area contributed by atoms with Gasteiger partial charge in [-0.05, 0) is 13.0 Å². The molecule has 1 saturated heterocycles. The highest BCUT2D eigenvalue weighted by molar-refractivity contribution is 4.80. The number of rotatable bonds is 2. The SMILES string of the molecule is N#CCCN1CC[C@H](N)C1. The summed E-state index contributed by atoms with van der Waals surface area (Å²) in [6, 6.07) is 2.47. The van der Waals surface area contributed by atoms with Crippen molar-refractivity contribution in [3.63, 3.8) is 0 Å². The van der Waals surface area contributed by atoms with E-state index in [9.17, 15) is 0 Å². The summed E-state index contributed by atoms with van der Waals surface area (Å²) in [4.78, 5) is 2.24. The first-order chi connectivity index (χ1) is 4.83. The Labute approximate surface area is 61.4 Å². The Morgan fingerprint density at radius 2 is 2.50 bits per heavy atom. The third kappa shape index (κ3) is 1.98. The first-order valence-corrected chi connectivity index (χ1v) is 3.68. The Kier molecular flexibility index (Phi) is 2.67. The highest BCUT2D eigenvalue weighted by Crippen LogP contribution is 2.06. The van der Waals surface area contributed by atoms with Gasteiger partial charge in [0.25, 0.3) is 0 Å². The molecule has 0 unspecified atom stereocenters. The second kappa shape index (κ2) is 3.55. The van der Waals surface area contributed by atoms with Gasteiger partial charge in [-0.25, -0.2) is 0 Å². The lowest BCUT2D eigenvalue weighted by Crippen LogP contribution is -2.27. The Morgan fingerprint density at radius 1 is 1.70 bits per heavy atom. The van der Waals surface area contributed by atoms with E-state index in [1.54, 1.807) is 0 Å². The lowest BCUT2D eigenvalue weighted by molar-refractivity contribution is 0.343. The Morgan fingerprint density at radius 3 is 3.00 bits per heavy atom. The summed E-state index contributed by atoms with van der Waals surface area (Å²) in [5.41, 5.74) is 5.67. The van der Waals surface area contributed by atoms with Crippen LogP contribution in [0, 0.1) is 11.3 Å². The van der Waals surface area contributed by atoms with Gasteiger partial charge in [-0.2, -0.15) is 5.26 Å². The van der Waals surface area contributed by atoms with Crippen LogP contribution in [0.15, 0.2) is 0 Å². The number of nitriles is 1. The van der Waals surface area contributed by atoms with E-state index in [0.717, 1.165) is 26.1 Å². The quantitative estimate of drug-likeness (QED) is 0.582. The molecule has 0 aromatic carbocycles. The normalized spacial score (nSPS) is 26.6. The fourth-order valence-electron chi connectivity index (χ4n) is 1.27. The summed E-state index contributed by atoms with van der Waals surface area (Å²) in [6.07, 6.45) is 1.72. The van der Waals surface area contributed by atoms with E-state index >= 15 is 0 Å². The molecule has 0 amide bonds. The third-order valence-corrected chi connectivity index (χ3v) is 1.85. The average Bonchev–Trinajstić information content (AvgIpc) is 2.31. The molecule has 0 aromatic heterocycles. The molecule has 0 aliphatic carbocycles. The lowest BCUT2D eigenvalue weighted by atomic mass is 10.3. The molecule has 0 aromatic rings. The highest BCUT2D eigenvalue weighted by Gasteiger charge is 2.17. The fourth-order valence-corrected chi connectivity index (χ4v) is 1.27. The summed E-state index contributed by atoms with van der Waals surface area (Å²) < 4.78 is 0. The van der Waals surface area contributed by atoms with Gasteiger partial charge >= 0.3 is 0 Å². The van der Waals surface area contributed by atoms with E-state index in [1.807, 2.05) is 0 Å². The molecule has 3 nitrogen and oxygen atoms in total. The molecule has 1 aliphatic heterocycles. The molecule has 0 saturated carbocycles. The topological polar surface area (TPSA) is 53.0 Å². The molecule has 0 spiro atoms. The minimum absolute atomic E-state index is 0.346. The van der Waals surface area contributed by atoms with Gasteiger partial charge in [0.2, 0.25) is 0 Å². The summed E-state index contributed by atoms with van der Waals surface area (Å²) in [5, 5.41) is 8.28. The van der Waals surface area contributed by atoms with E-state index in [0.29, 0.717) is 12.5 Å². The monoisotopic (exact) mass is 139 g/mol. The molecular weight excluding hydrogens is 126 g/mol. The van der Waals surface area contributed by atoms with Crippen LogP contribution in [0.3, 0.4) is 0 Å². The van der Waals surface area contributed by atoms with Gasteiger partial charge in [0.05, 0.1) is 6.07 Å². The van der Waals surface area contributed by atoms with Gasteiger partial charge in [-0.3, -0.25) is 0 Å². The summed E-state index contributed by atoms with van der Waals surface area (Å²) in [6.45, 7) is 2.94. The van der Waals surface area contributed by atoms with E-state index < -0.39 is 0 Å². The zero-order valence-electron chi connectivity index (χ0n) is 6.08. The van der Waals surface area contributed by atoms with Crippen LogP contribution < -0.4 is 5.73 Å². The number of nitrogens with two attached hydrogens (primary N) is 1. The summed E-state index contributed by atoms with van der Waals surface area (Å²) in [5.74, 6) is 0. The Balaban J connectivity index is 2.14. The van der Waals surface area contributed by atoms with Crippen molar-refractivity contribution in [1.29, 1.82) is 5.26 Å². The van der Waals surface area contributed by atoms with Gasteiger partial charge in [0.1, 0.15) is 0 Å². The predicted molar refractivity (Wildman–Crippen MR) is 39.3 cm³/mol. The Hall–Kier alpha value is -0.590. The molecule has 1 heterocycles. The van der Waals surface area contributed by atoms with Gasteiger partial charge in [-0.1, -0.05) is 0 Å². The summed E-state index contributed by atoms with van der Waals surface area (Å²) >= 11 is 0. The molecule has 1 aliphatic rings. The van der Waals surface area contributed by atoms with Crippen molar-refractivity contribution in [2.45, 2.75) is 18.9 Å². The number of hydrogen-bond donors (Lipinski definition) is 1. The van der Waals surface area contributed by atoms with Crippen molar-refractivity contribution in [3.8, 4) is 6.07 Å². The molecular formula is C7H13N3. The molecule has 1 rings (SSSR count). The molecule has 10 heavy (non-hydrogen) atoms. The van der Waals surface area contributed by atoms with Gasteiger partial charge in [-0.15, -0.1) is 0 Å². The van der Waals surface area contributed by atoms with Gasteiger partial charge in [0, 0.05) is 25.6 Å². The highest BCUT2D eigenvalue weighted by atomic mass is 15.2. The minimum Gasteiger partial charge on any atom is -0.326 e. The number of hydrogen-bond acceptors (Lipinski definition) is 3. The second-order valence-corrected chi connectivity index (χ2v) is 2.76. The van der Waals surface area contributed by atoms with Crippen LogP contribution in [0.25, 0.3) is 0 Å². The maximum Gasteiger partial charge on any atom is 0.0635 e. The maximum absolute atomic E-state index is 8.28. The van der Waals surface area contributed by atoms with Crippen molar-refractivity contribution < 1.29 is 0 Å². The first-order valence-electron chi connectivity index (χ1n) is 3.68. The maximum atomic E-state index is 8.28. The van der Waals surface area contributed by atoms with Crippen molar-refractivity contribution >= 4 is 0 Å². The van der Waals surface area contributed by atoms with E-state index in [1.165, 1.54) is 0 Å². The minimum atomic E-state index is 0.346. The number of nitrogens with zero attached hydrogens (tertiary/aromatic N) is 2. The molecule has 0 bridgehead atoms. The van der Waals surface area contributed by atoms with Crippen LogP contribution in [-0.2, 0) is 0 Å². The average molecular weight is 139 g/mol. The zero-order valence-corrected chi connectivity index (χ0v) is 6.08. The van der Waals surface area contributed by atoms with Crippen LogP contribution in [0.5, 0.6) is 0 Å². The molecule has 0 radical (unpaired) electrons. The van der Waals surface area contributed by atoms with Crippen LogP contribution in [0.2, 0.25) is 0 Å². The van der Waals surface area contributed by atoms with Crippen LogP contribution in [-0.4, -0.2) is 30.6 Å². The zero-order chi connectivity index (χ0) is 7.40. The largest absolute Gasteiger partial charge is 0.326 e. The predicted octanol–water partition coefficient (Wildman–Crippen LogP) is -0.0669. The molecule has 1 fully saturated rings. The van der Waals surface area contributed by atoms with Crippen molar-refractivity contribution in [2.24, 2.45) is 5.73 Å². The standard InChI is InChI=1S/C7H13N3/c8-3-1-4-10-5-2-7(9)6-10/h7H,1-2,4-6,9H2/t7-/m0/s1. The van der Waals surface area contributed by atoms with Crippen molar-refractivity contribution in [1.82, 2.24) is 4.90 Å². The summed E-state index contributed by atoms with van der Waals surface area (Å²) in [7, 11) is 0. The molecule has 3 heteroatoms. The fraction of sp³-hybridized carbons (Fsp3) is 0.857. The van der Waals surface area contributed by atoms with Gasteiger partial charge in [0.15, 0.2) is 0 Å². The van der Waals surface area contributed by atoms with Crippen LogP contribution >= 0.6 is 0 Å². The smallest absolute Gasteiger partial charge is 0.0635 e. The van der Waals surface area contributed by atoms with Crippen LogP contribution in [0.1, 0.15) is 12.8 Å². The van der Waals surface area contributed by atoms with E-state index in [4.69, 9.17) is 11.0 Å². The van der Waals surface area contributed by atoms with E-state index in [2.05, 4.69) is 11.0 Å². The Bertz CT molecular complexity index is 138. The second-order valence-electron chi connectivity index (χ2n) is 2.76. The lowest BCUT2D eigenvalue weighted by Gasteiger charge is -2.11. The molecule has 2 N–H and O–H groups in total.